The number of nitriles is 1. The predicted octanol–water partition coefficient (Wildman–Crippen LogP) is 1.65. The van der Waals surface area contributed by atoms with Crippen LogP contribution in [0.1, 0.15) is 30.4 Å². The SMILES string of the molecule is COc1ccc(C#N)cc1CN1CCC(CC(N)=O)CC1. The van der Waals surface area contributed by atoms with Crippen molar-refractivity contribution < 1.29 is 9.53 Å². The fourth-order valence-corrected chi connectivity index (χ4v) is 2.85. The molecule has 0 atom stereocenters. The number of rotatable bonds is 5. The molecule has 1 saturated heterocycles. The first-order valence-electron chi connectivity index (χ1n) is 7.20. The number of hydrogen-bond donors (Lipinski definition) is 1. The Hall–Kier alpha value is -2.06. The summed E-state index contributed by atoms with van der Waals surface area (Å²) >= 11 is 0. The van der Waals surface area contributed by atoms with Crippen LogP contribution in [-0.4, -0.2) is 31.0 Å². The molecular weight excluding hydrogens is 266 g/mol. The first-order valence-corrected chi connectivity index (χ1v) is 7.20. The number of piperidine rings is 1. The van der Waals surface area contributed by atoms with Crippen molar-refractivity contribution in [3.05, 3.63) is 29.3 Å². The highest BCUT2D eigenvalue weighted by Gasteiger charge is 2.21. The number of carbonyl (C=O) groups excluding carboxylic acids is 1. The Bertz CT molecular complexity index is 543. The molecule has 0 unspecified atom stereocenters. The van der Waals surface area contributed by atoms with E-state index in [1.165, 1.54) is 0 Å². The third kappa shape index (κ3) is 4.20. The second-order valence-electron chi connectivity index (χ2n) is 5.53. The Kier molecular flexibility index (Phi) is 5.18. The van der Waals surface area contributed by atoms with Gasteiger partial charge in [0.25, 0.3) is 0 Å². The van der Waals surface area contributed by atoms with E-state index in [1.54, 1.807) is 13.2 Å². The number of carbonyl (C=O) groups is 1. The lowest BCUT2D eigenvalue weighted by molar-refractivity contribution is -0.119. The average molecular weight is 287 g/mol. The van der Waals surface area contributed by atoms with Gasteiger partial charge in [0.1, 0.15) is 5.75 Å². The number of amides is 1. The molecule has 112 valence electrons. The van der Waals surface area contributed by atoms with Gasteiger partial charge in [0.15, 0.2) is 0 Å². The average Bonchev–Trinajstić information content (AvgIpc) is 2.48. The molecule has 1 amide bonds. The lowest BCUT2D eigenvalue weighted by Gasteiger charge is -2.31. The Balaban J connectivity index is 1.97. The Morgan fingerprint density at radius 3 is 2.76 bits per heavy atom. The zero-order valence-electron chi connectivity index (χ0n) is 12.3. The van der Waals surface area contributed by atoms with E-state index in [0.29, 0.717) is 17.9 Å². The monoisotopic (exact) mass is 287 g/mol. The lowest BCUT2D eigenvalue weighted by atomic mass is 9.93. The minimum atomic E-state index is -0.211. The van der Waals surface area contributed by atoms with Crippen LogP contribution < -0.4 is 10.5 Å². The summed E-state index contributed by atoms with van der Waals surface area (Å²) in [5.41, 5.74) is 6.93. The third-order valence-electron chi connectivity index (χ3n) is 4.00. The summed E-state index contributed by atoms with van der Waals surface area (Å²) in [4.78, 5) is 13.3. The van der Waals surface area contributed by atoms with Crippen molar-refractivity contribution in [3.8, 4) is 11.8 Å². The van der Waals surface area contributed by atoms with Gasteiger partial charge < -0.3 is 10.5 Å². The fourth-order valence-electron chi connectivity index (χ4n) is 2.85. The van der Waals surface area contributed by atoms with E-state index in [9.17, 15) is 4.79 Å². The van der Waals surface area contributed by atoms with Gasteiger partial charge in [-0.15, -0.1) is 0 Å². The molecule has 2 N–H and O–H groups in total. The predicted molar refractivity (Wildman–Crippen MR) is 79.5 cm³/mol. The number of primary amides is 1. The molecule has 1 aliphatic heterocycles. The Morgan fingerprint density at radius 2 is 2.19 bits per heavy atom. The van der Waals surface area contributed by atoms with Crippen LogP contribution in [0.2, 0.25) is 0 Å². The van der Waals surface area contributed by atoms with Crippen molar-refractivity contribution in [2.45, 2.75) is 25.8 Å². The van der Waals surface area contributed by atoms with Crippen molar-refractivity contribution in [1.82, 2.24) is 4.90 Å². The van der Waals surface area contributed by atoms with Crippen LogP contribution in [0.4, 0.5) is 0 Å². The first kappa shape index (κ1) is 15.3. The summed E-state index contributed by atoms with van der Waals surface area (Å²) in [7, 11) is 1.64. The van der Waals surface area contributed by atoms with Crippen LogP contribution in [0.3, 0.4) is 0 Å². The molecular formula is C16H21N3O2. The maximum absolute atomic E-state index is 11.0. The molecule has 1 fully saturated rings. The highest BCUT2D eigenvalue weighted by Crippen LogP contribution is 2.25. The van der Waals surface area contributed by atoms with E-state index in [2.05, 4.69) is 11.0 Å². The van der Waals surface area contributed by atoms with Crippen molar-refractivity contribution in [2.75, 3.05) is 20.2 Å². The molecule has 1 aromatic carbocycles. The minimum Gasteiger partial charge on any atom is -0.496 e. The van der Waals surface area contributed by atoms with Crippen LogP contribution in [0.25, 0.3) is 0 Å². The summed E-state index contributed by atoms with van der Waals surface area (Å²) in [5, 5.41) is 9.00. The van der Waals surface area contributed by atoms with Crippen molar-refractivity contribution >= 4 is 5.91 Å². The number of hydrogen-bond acceptors (Lipinski definition) is 4. The zero-order chi connectivity index (χ0) is 15.2. The lowest BCUT2D eigenvalue weighted by Crippen LogP contribution is -2.34. The topological polar surface area (TPSA) is 79.3 Å². The van der Waals surface area contributed by atoms with Crippen LogP contribution in [-0.2, 0) is 11.3 Å². The van der Waals surface area contributed by atoms with Gasteiger partial charge in [0.05, 0.1) is 18.7 Å². The molecule has 0 saturated carbocycles. The minimum absolute atomic E-state index is 0.211. The van der Waals surface area contributed by atoms with E-state index < -0.39 is 0 Å². The number of likely N-dealkylation sites (tertiary alicyclic amines) is 1. The van der Waals surface area contributed by atoms with Crippen LogP contribution in [0, 0.1) is 17.2 Å². The number of benzene rings is 1. The van der Waals surface area contributed by atoms with E-state index in [-0.39, 0.29) is 5.91 Å². The second-order valence-corrected chi connectivity index (χ2v) is 5.53. The van der Waals surface area contributed by atoms with Gasteiger partial charge in [-0.2, -0.15) is 5.26 Å². The van der Waals surface area contributed by atoms with Crippen molar-refractivity contribution in [2.24, 2.45) is 11.7 Å². The highest BCUT2D eigenvalue weighted by molar-refractivity contribution is 5.73. The van der Waals surface area contributed by atoms with Crippen molar-refractivity contribution in [3.63, 3.8) is 0 Å². The standard InChI is InChI=1S/C16H21N3O2/c1-21-15-3-2-13(10-17)8-14(15)11-19-6-4-12(5-7-19)9-16(18)20/h2-3,8,12H,4-7,9,11H2,1H3,(H2,18,20). The summed E-state index contributed by atoms with van der Waals surface area (Å²) in [6, 6.07) is 7.65. The Labute approximate surface area is 125 Å². The van der Waals surface area contributed by atoms with Crippen LogP contribution in [0.15, 0.2) is 18.2 Å². The second kappa shape index (κ2) is 7.09. The summed E-state index contributed by atoms with van der Waals surface area (Å²) in [6.45, 7) is 2.65. The molecule has 0 bridgehead atoms. The third-order valence-corrected chi connectivity index (χ3v) is 4.00. The number of nitrogens with two attached hydrogens (primary N) is 1. The number of ether oxygens (including phenoxy) is 1. The van der Waals surface area contributed by atoms with Crippen molar-refractivity contribution in [1.29, 1.82) is 5.26 Å². The molecule has 5 heteroatoms. The molecule has 1 aliphatic rings. The number of methoxy groups -OCH3 is 1. The van der Waals surface area contributed by atoms with Gasteiger partial charge in [-0.25, -0.2) is 0 Å². The van der Waals surface area contributed by atoms with Gasteiger partial charge >= 0.3 is 0 Å². The molecule has 21 heavy (non-hydrogen) atoms. The van der Waals surface area contributed by atoms with Crippen LogP contribution in [0.5, 0.6) is 5.75 Å². The normalized spacial score (nSPS) is 16.4. The quantitative estimate of drug-likeness (QED) is 0.893. The molecule has 0 aliphatic carbocycles. The van der Waals surface area contributed by atoms with Gasteiger partial charge in [-0.05, 0) is 50.0 Å². The Morgan fingerprint density at radius 1 is 1.48 bits per heavy atom. The highest BCUT2D eigenvalue weighted by atomic mass is 16.5. The summed E-state index contributed by atoms with van der Waals surface area (Å²) in [6.07, 6.45) is 2.47. The van der Waals surface area contributed by atoms with Gasteiger partial charge in [0.2, 0.25) is 5.91 Å². The van der Waals surface area contributed by atoms with E-state index >= 15 is 0 Å². The largest absolute Gasteiger partial charge is 0.496 e. The van der Waals surface area contributed by atoms with Gasteiger partial charge in [0, 0.05) is 18.5 Å². The molecule has 2 rings (SSSR count). The fraction of sp³-hybridized carbons (Fsp3) is 0.500. The van der Waals surface area contributed by atoms with Crippen LogP contribution >= 0.6 is 0 Å². The molecule has 1 heterocycles. The summed E-state index contributed by atoms with van der Waals surface area (Å²) < 4.78 is 5.36. The van der Waals surface area contributed by atoms with Gasteiger partial charge in [-0.1, -0.05) is 0 Å². The number of nitrogens with zero attached hydrogens (tertiary/aromatic N) is 2. The van der Waals surface area contributed by atoms with E-state index in [0.717, 1.165) is 43.8 Å². The van der Waals surface area contributed by atoms with E-state index in [1.807, 2.05) is 12.1 Å². The van der Waals surface area contributed by atoms with Gasteiger partial charge in [-0.3, -0.25) is 9.69 Å². The molecule has 1 aromatic rings. The molecule has 0 spiro atoms. The molecule has 0 aromatic heterocycles. The first-order chi connectivity index (χ1) is 10.1. The zero-order valence-corrected chi connectivity index (χ0v) is 12.3. The smallest absolute Gasteiger partial charge is 0.217 e. The maximum Gasteiger partial charge on any atom is 0.217 e. The molecule has 5 nitrogen and oxygen atoms in total. The summed E-state index contributed by atoms with van der Waals surface area (Å²) in [5.74, 6) is 1.01. The molecule has 0 radical (unpaired) electrons. The maximum atomic E-state index is 11.0. The van der Waals surface area contributed by atoms with E-state index in [4.69, 9.17) is 15.7 Å².